The fraction of sp³-hybridized carbons (Fsp3) is 0.504. The van der Waals surface area contributed by atoms with E-state index < -0.39 is 34.3 Å². The number of aryl methyl sites for hydroxylation is 2. The van der Waals surface area contributed by atoms with Crippen molar-refractivity contribution in [3.8, 4) is 52.2 Å². The maximum absolute atomic E-state index is 13.8. The summed E-state index contributed by atoms with van der Waals surface area (Å²) in [7, 11) is 0. The predicted octanol–water partition coefficient (Wildman–Crippen LogP) is 18.7. The van der Waals surface area contributed by atoms with Crippen LogP contribution in [0.4, 0.5) is 13.2 Å². The van der Waals surface area contributed by atoms with Crippen LogP contribution in [0.2, 0.25) is 0 Å². The number of aromatic nitrogens is 11. The second kappa shape index (κ2) is 50.8. The molecule has 5 fully saturated rings. The monoisotopic (exact) mass is 1980 g/mol. The van der Waals surface area contributed by atoms with Crippen LogP contribution in [-0.4, -0.2) is 229 Å². The normalized spacial score (nSPS) is 16.7. The van der Waals surface area contributed by atoms with Gasteiger partial charge in [-0.3, -0.25) is 59.0 Å². The number of para-hydroxylation sites is 2. The molecule has 3 N–H and O–H groups in total. The number of Topliss-reactive ketones (excluding diaryl/α,β-unsaturated/α-hetero) is 2. The molecule has 0 radical (unpaired) electrons. The summed E-state index contributed by atoms with van der Waals surface area (Å²) in [6.45, 7) is 46.1. The van der Waals surface area contributed by atoms with E-state index in [2.05, 4.69) is 122 Å². The number of carbonyl (C=O) groups is 2. The van der Waals surface area contributed by atoms with Crippen LogP contribution in [0.15, 0.2) is 201 Å². The van der Waals surface area contributed by atoms with Gasteiger partial charge in [-0.05, 0) is 267 Å². The van der Waals surface area contributed by atoms with Crippen molar-refractivity contribution >= 4 is 11.6 Å². The van der Waals surface area contributed by atoms with Gasteiger partial charge in [-0.15, -0.1) is 0 Å². The molecule has 0 atom stereocenters. The van der Waals surface area contributed by atoms with Gasteiger partial charge in [0.2, 0.25) is 29.4 Å². The third-order valence-corrected chi connectivity index (χ3v) is 25.3. The molecule has 31 heteroatoms. The summed E-state index contributed by atoms with van der Waals surface area (Å²) in [6.07, 6.45) is 24.3. The Hall–Kier alpha value is -11.8. The van der Waals surface area contributed by atoms with Gasteiger partial charge in [0.15, 0.2) is 11.6 Å². The number of nitrogens with zero attached hydrogens (tertiary/aromatic N) is 16. The van der Waals surface area contributed by atoms with Gasteiger partial charge in [0, 0.05) is 176 Å². The van der Waals surface area contributed by atoms with Crippen molar-refractivity contribution in [1.82, 2.24) is 78.9 Å². The molecule has 6 aromatic heterocycles. The van der Waals surface area contributed by atoms with Crippen LogP contribution in [0.3, 0.4) is 0 Å². The molecular formula is C113H149F3N16O12. The van der Waals surface area contributed by atoms with E-state index in [-0.39, 0.29) is 70.0 Å². The Morgan fingerprint density at radius 2 is 0.674 bits per heavy atom. The molecule has 11 aromatic rings. The fourth-order valence-corrected chi connectivity index (χ4v) is 17.5. The van der Waals surface area contributed by atoms with Crippen molar-refractivity contribution < 1.29 is 71.2 Å². The number of ketones is 2. The summed E-state index contributed by atoms with van der Waals surface area (Å²) >= 11 is 0. The third kappa shape index (κ3) is 36.1. The Balaban J connectivity index is 0.000000161. The molecule has 5 aromatic carbocycles. The molecule has 0 bridgehead atoms. The Morgan fingerprint density at radius 3 is 1.03 bits per heavy atom. The molecule has 0 aliphatic carbocycles. The molecule has 0 saturated carbocycles. The van der Waals surface area contributed by atoms with Crippen LogP contribution in [0, 0.1) is 43.1 Å². The highest BCUT2D eigenvalue weighted by molar-refractivity contribution is 5.84. The zero-order valence-electron chi connectivity index (χ0n) is 87.2. The van der Waals surface area contributed by atoms with Gasteiger partial charge in [-0.2, -0.15) is 0 Å². The lowest BCUT2D eigenvalue weighted by molar-refractivity contribution is -0.124. The van der Waals surface area contributed by atoms with E-state index in [0.29, 0.717) is 152 Å². The summed E-state index contributed by atoms with van der Waals surface area (Å²) in [5, 5.41) is 33.1. The molecule has 11 heterocycles. The first-order chi connectivity index (χ1) is 68.3. The van der Waals surface area contributed by atoms with Gasteiger partial charge < -0.3 is 53.0 Å². The number of hydrogen-bond acceptors (Lipinski definition) is 27. The molecule has 5 aliphatic heterocycles. The first-order valence-electron chi connectivity index (χ1n) is 50.4. The zero-order chi connectivity index (χ0) is 103. The summed E-state index contributed by atoms with van der Waals surface area (Å²) < 4.78 is 83.9. The molecule has 0 spiro atoms. The number of rotatable bonds is 30. The minimum absolute atomic E-state index is 0.00448. The van der Waals surface area contributed by atoms with Gasteiger partial charge in [0.1, 0.15) is 110 Å². The second-order valence-electron chi connectivity index (χ2n) is 43.3. The Labute approximate surface area is 848 Å². The Bertz CT molecular complexity index is 5720. The predicted molar refractivity (Wildman–Crippen MR) is 550 cm³/mol. The van der Waals surface area contributed by atoms with Crippen LogP contribution in [0.1, 0.15) is 219 Å². The first kappa shape index (κ1) is 111. The van der Waals surface area contributed by atoms with Gasteiger partial charge in [-0.1, -0.05) is 97.1 Å². The third-order valence-electron chi connectivity index (χ3n) is 25.3. The average Bonchev–Trinajstić information content (AvgIpc) is 1.67. The van der Waals surface area contributed by atoms with Crippen molar-refractivity contribution in [2.45, 2.75) is 279 Å². The Morgan fingerprint density at radius 1 is 0.354 bits per heavy atom. The van der Waals surface area contributed by atoms with Gasteiger partial charge >= 0.3 is 0 Å². The highest BCUT2D eigenvalue weighted by Crippen LogP contribution is 2.36. The van der Waals surface area contributed by atoms with E-state index in [9.17, 15) is 38.1 Å². The quantitative estimate of drug-likeness (QED) is 0.0377. The molecular weight excluding hydrogens is 1830 g/mol. The average molecular weight is 1980 g/mol. The second-order valence-corrected chi connectivity index (χ2v) is 43.3. The first-order valence-corrected chi connectivity index (χ1v) is 50.4. The molecule has 16 rings (SSSR count). The number of benzene rings is 5. The van der Waals surface area contributed by atoms with Crippen molar-refractivity contribution in [2.24, 2.45) is 11.8 Å². The number of piperidine rings is 5. The van der Waals surface area contributed by atoms with Crippen molar-refractivity contribution in [3.63, 3.8) is 0 Å². The number of carbonyl (C=O) groups excluding carboxylic acids is 2. The maximum Gasteiger partial charge on any atom is 0.237 e. The highest BCUT2D eigenvalue weighted by atomic mass is 19.1. The molecule has 28 nitrogen and oxygen atoms in total. The fourth-order valence-electron chi connectivity index (χ4n) is 17.5. The topological polar surface area (TPSA) is 309 Å². The smallest absolute Gasteiger partial charge is 0.237 e. The number of aliphatic hydroxyl groups is 3. The lowest BCUT2D eigenvalue weighted by Crippen LogP contribution is -2.47. The van der Waals surface area contributed by atoms with Crippen molar-refractivity contribution in [3.05, 3.63) is 270 Å². The van der Waals surface area contributed by atoms with Gasteiger partial charge in [-0.25, -0.2) is 38.1 Å². The molecule has 774 valence electrons. The minimum Gasteiger partial charge on any atom is -0.490 e. The van der Waals surface area contributed by atoms with Crippen molar-refractivity contribution in [1.29, 1.82) is 0 Å². The summed E-state index contributed by atoms with van der Waals surface area (Å²) in [4.78, 5) is 80.5. The van der Waals surface area contributed by atoms with Crippen LogP contribution in [-0.2, 0) is 61.7 Å². The largest absolute Gasteiger partial charge is 0.490 e. The number of ether oxygens (including phenoxy) is 7. The maximum atomic E-state index is 13.8. The number of likely N-dealkylation sites (tertiary alicyclic amines) is 5. The van der Waals surface area contributed by atoms with Crippen LogP contribution >= 0.6 is 0 Å². The van der Waals surface area contributed by atoms with E-state index in [1.165, 1.54) is 29.5 Å². The van der Waals surface area contributed by atoms with E-state index in [1.807, 2.05) is 171 Å². The highest BCUT2D eigenvalue weighted by Gasteiger charge is 2.39. The van der Waals surface area contributed by atoms with Crippen LogP contribution < -0.4 is 33.2 Å². The number of halogens is 3. The molecule has 144 heavy (non-hydrogen) atoms. The van der Waals surface area contributed by atoms with Crippen molar-refractivity contribution in [2.75, 3.05) is 78.7 Å². The molecule has 5 aliphatic rings. The molecule has 0 amide bonds. The minimum atomic E-state index is -0.966. The van der Waals surface area contributed by atoms with E-state index in [4.69, 9.17) is 33.2 Å². The van der Waals surface area contributed by atoms with E-state index in [0.717, 1.165) is 122 Å². The van der Waals surface area contributed by atoms with Crippen LogP contribution in [0.5, 0.6) is 40.9 Å². The number of hydrogen-bond donors (Lipinski definition) is 3. The summed E-state index contributed by atoms with van der Waals surface area (Å²) in [5.74, 6) is 2.56. The zero-order valence-corrected chi connectivity index (χ0v) is 87.2. The van der Waals surface area contributed by atoms with Gasteiger partial charge in [0.05, 0.1) is 12.1 Å². The van der Waals surface area contributed by atoms with Crippen LogP contribution in [0.25, 0.3) is 11.3 Å². The van der Waals surface area contributed by atoms with Gasteiger partial charge in [0.25, 0.3) is 0 Å². The lowest BCUT2D eigenvalue weighted by Gasteiger charge is -2.39. The lowest BCUT2D eigenvalue weighted by atomic mass is 9.89. The Kier molecular flexibility index (Phi) is 39.2. The van der Waals surface area contributed by atoms with E-state index >= 15 is 0 Å². The van der Waals surface area contributed by atoms with E-state index in [1.54, 1.807) is 80.2 Å². The summed E-state index contributed by atoms with van der Waals surface area (Å²) in [6, 6.07) is 42.2. The summed E-state index contributed by atoms with van der Waals surface area (Å²) in [5.41, 5.74) is 5.90. The molecule has 0 unspecified atom stereocenters. The standard InChI is InChI=1S/C26H34N4O2.C22H27F2N3O2.C22H31N3O3.C22H29N3O2.C21H28FN3O3/c1-20-10-11-23(21-8-6-5-7-9-21)30(20)19-26(31)12-16-29(17-13-26)18-22-24(28-15-14-27-22)32-25(2,3)4;1-22(2,3)29-21-19(25-8-9-26-21)14-27-10-6-15(7-11-27)20(28)12-16-4-5-17(23)13-18(16)24;1-17-7-5-6-8-19(17)27-16-22(26)9-13-25(14-10-22)15-18-20(24-12-11-23-18)28-21(2,3)4;1-22(2,3)27-21-19(23-11-12-24-21)16-25-13-9-18(10-14-25)20(26)15-17-7-5-4-6-8-17;1-20(2,3)28-19-17(23-10-11-24-19)14-25-12-8-21(26,9-13-25)15-27-18-7-5-4-6-16(18)22/h5-11,14-15,31H,12-13,16-19H2,1-4H3;4-5,8-9,13,15H,6-7,10-12,14H2,1-3H3;5-8,11-12,26H,9-10,13-16H2,1-4H3;4-8,11-12,18H,9-10,13-16H2,1-3H3;4-7,10-11,26H,8-9,12-15H2,1-3H3. The SMILES string of the molecule is CC(C)(C)Oc1nccnc1CN1CCC(C(=O)Cc2ccc(F)cc2F)CC1.CC(C)(C)Oc1nccnc1CN1CCC(C(=O)Cc2ccccc2)CC1.CC(C)(C)Oc1nccnc1CN1CCC(O)(COc2ccccc2F)CC1.Cc1ccc(-c2ccccc2)n1CC1(O)CCN(Cc2nccnc2OC(C)(C)C)CC1.Cc1ccccc1OCC1(O)CCN(Cc2nccnc2OC(C)(C)C)CC1. The molecule has 5 saturated heterocycles.